The summed E-state index contributed by atoms with van der Waals surface area (Å²) in [4.78, 5) is 23.4. The first-order chi connectivity index (χ1) is 9.58. The van der Waals surface area contributed by atoms with Crippen molar-refractivity contribution < 1.29 is 9.59 Å². The summed E-state index contributed by atoms with van der Waals surface area (Å²) in [5, 5.41) is 5.49. The third-order valence-electron chi connectivity index (χ3n) is 2.85. The second kappa shape index (κ2) is 8.16. The van der Waals surface area contributed by atoms with Gasteiger partial charge in [-0.1, -0.05) is 6.92 Å². The van der Waals surface area contributed by atoms with Crippen LogP contribution < -0.4 is 21.9 Å². The Morgan fingerprint density at radius 2 is 1.95 bits per heavy atom. The molecule has 0 aliphatic rings. The van der Waals surface area contributed by atoms with Crippen LogP contribution >= 0.6 is 0 Å². The number of rotatable bonds is 7. The first-order valence-corrected chi connectivity index (χ1v) is 6.70. The predicted molar refractivity (Wildman–Crippen MR) is 79.2 cm³/mol. The van der Waals surface area contributed by atoms with Crippen molar-refractivity contribution in [1.29, 1.82) is 0 Å². The van der Waals surface area contributed by atoms with Gasteiger partial charge in [0.15, 0.2) is 0 Å². The second-order valence-electron chi connectivity index (χ2n) is 4.53. The van der Waals surface area contributed by atoms with E-state index < -0.39 is 0 Å². The van der Waals surface area contributed by atoms with Crippen molar-refractivity contribution >= 4 is 17.5 Å². The number of anilines is 1. The number of hydrogen-bond acceptors (Lipinski definition) is 4. The third kappa shape index (κ3) is 4.89. The topological polar surface area (TPSA) is 96.2 Å². The maximum atomic E-state index is 12.0. The number of aryl methyl sites for hydroxylation is 1. The first-order valence-electron chi connectivity index (χ1n) is 6.70. The van der Waals surface area contributed by atoms with Crippen molar-refractivity contribution in [1.82, 2.24) is 10.6 Å². The Morgan fingerprint density at radius 3 is 2.55 bits per heavy atom. The summed E-state index contributed by atoms with van der Waals surface area (Å²) in [6, 6.07) is 5.23. The van der Waals surface area contributed by atoms with Crippen LogP contribution in [0.5, 0.6) is 0 Å². The lowest BCUT2D eigenvalue weighted by Crippen LogP contribution is -2.31. The molecule has 1 aromatic carbocycles. The number of carbonyl (C=O) groups excluding carboxylic acids is 2. The lowest BCUT2D eigenvalue weighted by Gasteiger charge is -2.09. The van der Waals surface area contributed by atoms with Gasteiger partial charge in [0, 0.05) is 30.8 Å². The van der Waals surface area contributed by atoms with E-state index in [1.807, 2.05) is 13.8 Å². The van der Waals surface area contributed by atoms with E-state index in [1.165, 1.54) is 0 Å². The molecule has 0 saturated heterocycles. The Hall–Kier alpha value is -2.08. The Morgan fingerprint density at radius 1 is 1.20 bits per heavy atom. The first kappa shape index (κ1) is 16.0. The predicted octanol–water partition coefficient (Wildman–Crippen LogP) is 0.927. The molecule has 0 fully saturated rings. The lowest BCUT2D eigenvalue weighted by atomic mass is 10.1. The van der Waals surface area contributed by atoms with Gasteiger partial charge in [0.05, 0.1) is 0 Å². The smallest absolute Gasteiger partial charge is 0.251 e. The summed E-state index contributed by atoms with van der Waals surface area (Å²) in [6.45, 7) is 4.82. The van der Waals surface area contributed by atoms with E-state index in [-0.39, 0.29) is 18.2 Å². The van der Waals surface area contributed by atoms with E-state index in [1.54, 1.807) is 18.2 Å². The highest BCUT2D eigenvalue weighted by molar-refractivity contribution is 5.96. The van der Waals surface area contributed by atoms with Crippen molar-refractivity contribution in [2.75, 3.05) is 18.5 Å². The fourth-order valence-corrected chi connectivity index (χ4v) is 1.75. The fraction of sp³-hybridized carbons (Fsp3) is 0.429. The molecule has 1 rings (SSSR count). The average molecular weight is 278 g/mol. The quantitative estimate of drug-likeness (QED) is 0.440. The molecular weight excluding hydrogens is 256 g/mol. The van der Waals surface area contributed by atoms with Gasteiger partial charge in [0.25, 0.3) is 5.91 Å². The molecule has 0 aliphatic carbocycles. The molecule has 2 amide bonds. The van der Waals surface area contributed by atoms with Crippen LogP contribution in [0.25, 0.3) is 0 Å². The van der Waals surface area contributed by atoms with Gasteiger partial charge in [0.1, 0.15) is 0 Å². The van der Waals surface area contributed by atoms with Gasteiger partial charge in [-0.15, -0.1) is 0 Å². The number of hydrogen-bond donors (Lipinski definition) is 4. The van der Waals surface area contributed by atoms with E-state index in [9.17, 15) is 9.59 Å². The molecule has 0 bridgehead atoms. The third-order valence-corrected chi connectivity index (χ3v) is 2.85. The second-order valence-corrected chi connectivity index (χ2v) is 4.53. The number of benzene rings is 1. The summed E-state index contributed by atoms with van der Waals surface area (Å²) >= 11 is 0. The molecule has 0 aliphatic heterocycles. The maximum Gasteiger partial charge on any atom is 0.251 e. The van der Waals surface area contributed by atoms with Crippen LogP contribution in [0.15, 0.2) is 18.2 Å². The lowest BCUT2D eigenvalue weighted by molar-refractivity contribution is -0.120. The van der Waals surface area contributed by atoms with Gasteiger partial charge in [-0.2, -0.15) is 0 Å². The minimum absolute atomic E-state index is 0.0495. The molecule has 0 aromatic heterocycles. The van der Waals surface area contributed by atoms with Gasteiger partial charge in [-0.3, -0.25) is 15.4 Å². The summed E-state index contributed by atoms with van der Waals surface area (Å²) in [6.07, 6.45) is 1.19. The highest BCUT2D eigenvalue weighted by Crippen LogP contribution is 2.14. The maximum absolute atomic E-state index is 12.0. The van der Waals surface area contributed by atoms with Crippen molar-refractivity contribution in [3.8, 4) is 0 Å². The van der Waals surface area contributed by atoms with E-state index in [4.69, 9.17) is 5.84 Å². The van der Waals surface area contributed by atoms with Crippen LogP contribution in [0.3, 0.4) is 0 Å². The van der Waals surface area contributed by atoms with E-state index in [0.29, 0.717) is 18.7 Å². The summed E-state index contributed by atoms with van der Waals surface area (Å²) in [5.74, 6) is 5.07. The van der Waals surface area contributed by atoms with Crippen LogP contribution in [-0.4, -0.2) is 24.9 Å². The number of nitrogen functional groups attached to an aromatic ring is 1. The molecule has 110 valence electrons. The van der Waals surface area contributed by atoms with Crippen molar-refractivity contribution in [2.24, 2.45) is 5.84 Å². The Kier molecular flexibility index (Phi) is 6.52. The number of hydrazine groups is 1. The normalized spacial score (nSPS) is 9.95. The summed E-state index contributed by atoms with van der Waals surface area (Å²) < 4.78 is 0. The Labute approximate surface area is 119 Å². The molecule has 0 radical (unpaired) electrons. The van der Waals surface area contributed by atoms with E-state index in [2.05, 4.69) is 16.1 Å². The molecular formula is C14H22N4O2. The van der Waals surface area contributed by atoms with Crippen LogP contribution in [0.4, 0.5) is 5.69 Å². The molecule has 6 nitrogen and oxygen atoms in total. The van der Waals surface area contributed by atoms with Crippen molar-refractivity contribution in [3.05, 3.63) is 29.3 Å². The zero-order valence-electron chi connectivity index (χ0n) is 12.0. The highest BCUT2D eigenvalue weighted by atomic mass is 16.2. The minimum atomic E-state index is -0.186. The Bertz CT molecular complexity index is 474. The molecule has 0 unspecified atom stereocenters. The van der Waals surface area contributed by atoms with Gasteiger partial charge in [0.2, 0.25) is 5.91 Å². The zero-order valence-corrected chi connectivity index (χ0v) is 12.0. The molecule has 0 saturated carbocycles. The number of amides is 2. The molecule has 20 heavy (non-hydrogen) atoms. The average Bonchev–Trinajstić information content (AvgIpc) is 2.44. The monoisotopic (exact) mass is 278 g/mol. The number of carbonyl (C=O) groups is 2. The van der Waals surface area contributed by atoms with Crippen LogP contribution in [0, 0.1) is 6.92 Å². The minimum Gasteiger partial charge on any atom is -0.356 e. The SMILES string of the molecule is CCCNC(=O)CCNC(=O)c1ccc(NN)cc1C. The van der Waals surface area contributed by atoms with Gasteiger partial charge in [-0.25, -0.2) is 0 Å². The summed E-state index contributed by atoms with van der Waals surface area (Å²) in [5.41, 5.74) is 4.68. The highest BCUT2D eigenvalue weighted by Gasteiger charge is 2.09. The molecule has 5 N–H and O–H groups in total. The molecule has 0 spiro atoms. The molecule has 1 aromatic rings. The largest absolute Gasteiger partial charge is 0.356 e. The van der Waals surface area contributed by atoms with Gasteiger partial charge < -0.3 is 16.1 Å². The zero-order chi connectivity index (χ0) is 15.0. The van der Waals surface area contributed by atoms with E-state index in [0.717, 1.165) is 17.7 Å². The van der Waals surface area contributed by atoms with Crippen LogP contribution in [-0.2, 0) is 4.79 Å². The fourth-order valence-electron chi connectivity index (χ4n) is 1.75. The Balaban J connectivity index is 2.45. The van der Waals surface area contributed by atoms with Crippen molar-refractivity contribution in [3.63, 3.8) is 0 Å². The van der Waals surface area contributed by atoms with Crippen molar-refractivity contribution in [2.45, 2.75) is 26.7 Å². The van der Waals surface area contributed by atoms with Gasteiger partial charge >= 0.3 is 0 Å². The summed E-state index contributed by atoms with van der Waals surface area (Å²) in [7, 11) is 0. The number of nitrogens with one attached hydrogen (secondary N) is 3. The van der Waals surface area contributed by atoms with Crippen LogP contribution in [0.1, 0.15) is 35.7 Å². The number of nitrogens with two attached hydrogens (primary N) is 1. The molecule has 6 heteroatoms. The molecule has 0 heterocycles. The van der Waals surface area contributed by atoms with E-state index >= 15 is 0 Å². The standard InChI is InChI=1S/C14H22N4O2/c1-3-7-16-13(19)6-8-17-14(20)12-5-4-11(18-15)9-10(12)2/h4-5,9,18H,3,6-8,15H2,1-2H3,(H,16,19)(H,17,20). The molecule has 0 atom stereocenters. The van der Waals surface area contributed by atoms with Crippen LogP contribution in [0.2, 0.25) is 0 Å². The van der Waals surface area contributed by atoms with Gasteiger partial charge in [-0.05, 0) is 37.1 Å².